The molecule has 0 saturated carbocycles. The minimum atomic E-state index is -1.01. The Morgan fingerprint density at radius 1 is 1.63 bits per heavy atom. The number of rotatable bonds is 4. The molecule has 1 amide bonds. The van der Waals surface area contributed by atoms with Crippen LogP contribution in [0.25, 0.3) is 0 Å². The van der Waals surface area contributed by atoms with Crippen LogP contribution in [0, 0.1) is 0 Å². The quantitative estimate of drug-likeness (QED) is 0.862. The standard InChI is InChI=1S/C13H18ClN3O2/c14-11-7-16-4-2-10(11)8-17-5-1-3-13(19,9-17)6-12(15)18/h2,4,7,19H,1,3,5-6,8-9H2,(H2,15,18). The Labute approximate surface area is 117 Å². The van der Waals surface area contributed by atoms with Gasteiger partial charge in [-0.15, -0.1) is 0 Å². The number of halogens is 1. The van der Waals surface area contributed by atoms with E-state index >= 15 is 0 Å². The summed E-state index contributed by atoms with van der Waals surface area (Å²) >= 11 is 6.07. The molecule has 104 valence electrons. The number of carbonyl (C=O) groups is 1. The molecule has 1 atom stereocenters. The Morgan fingerprint density at radius 3 is 3.11 bits per heavy atom. The summed E-state index contributed by atoms with van der Waals surface area (Å²) < 4.78 is 0. The number of amides is 1. The lowest BCUT2D eigenvalue weighted by Gasteiger charge is -2.38. The smallest absolute Gasteiger partial charge is 0.220 e. The van der Waals surface area contributed by atoms with Crippen LogP contribution in [-0.2, 0) is 11.3 Å². The van der Waals surface area contributed by atoms with Crippen LogP contribution in [-0.4, -0.2) is 39.6 Å². The number of pyridine rings is 1. The molecule has 0 bridgehead atoms. The predicted octanol–water partition coefficient (Wildman–Crippen LogP) is 0.937. The van der Waals surface area contributed by atoms with E-state index in [1.54, 1.807) is 12.4 Å². The molecule has 1 fully saturated rings. The summed E-state index contributed by atoms with van der Waals surface area (Å²) in [4.78, 5) is 17.0. The van der Waals surface area contributed by atoms with E-state index in [-0.39, 0.29) is 6.42 Å². The molecular formula is C13H18ClN3O2. The SMILES string of the molecule is NC(=O)CC1(O)CCCN(Cc2ccncc2Cl)C1. The topological polar surface area (TPSA) is 79.5 Å². The van der Waals surface area contributed by atoms with E-state index in [1.165, 1.54) is 0 Å². The number of primary amides is 1. The number of likely N-dealkylation sites (tertiary alicyclic amines) is 1. The van der Waals surface area contributed by atoms with Crippen molar-refractivity contribution in [3.63, 3.8) is 0 Å². The Hall–Kier alpha value is -1.17. The third-order valence-electron chi connectivity index (χ3n) is 3.39. The zero-order chi connectivity index (χ0) is 13.9. The van der Waals surface area contributed by atoms with E-state index in [0.29, 0.717) is 24.5 Å². The third-order valence-corrected chi connectivity index (χ3v) is 3.73. The molecule has 0 spiro atoms. The molecule has 2 heterocycles. The number of β-amino-alcohol motifs (C(OH)–C–C–N with tert-alkyl or cyclic N) is 1. The fourth-order valence-corrected chi connectivity index (χ4v) is 2.76. The number of aliphatic hydroxyl groups is 1. The van der Waals surface area contributed by atoms with Crippen molar-refractivity contribution in [2.75, 3.05) is 13.1 Å². The average molecular weight is 284 g/mol. The Balaban J connectivity index is 2.02. The zero-order valence-corrected chi connectivity index (χ0v) is 11.4. The largest absolute Gasteiger partial charge is 0.388 e. The maximum atomic E-state index is 11.0. The molecule has 0 aromatic carbocycles. The van der Waals surface area contributed by atoms with Crippen molar-refractivity contribution in [1.82, 2.24) is 9.88 Å². The van der Waals surface area contributed by atoms with E-state index in [4.69, 9.17) is 17.3 Å². The van der Waals surface area contributed by atoms with Gasteiger partial charge in [0.2, 0.25) is 5.91 Å². The highest BCUT2D eigenvalue weighted by Crippen LogP contribution is 2.26. The summed E-state index contributed by atoms with van der Waals surface area (Å²) in [5.74, 6) is -0.466. The summed E-state index contributed by atoms with van der Waals surface area (Å²) in [6.07, 6.45) is 4.76. The van der Waals surface area contributed by atoms with Crippen LogP contribution in [0.15, 0.2) is 18.5 Å². The minimum absolute atomic E-state index is 0.00752. The number of nitrogens with two attached hydrogens (primary N) is 1. The van der Waals surface area contributed by atoms with Gasteiger partial charge in [-0.05, 0) is 31.0 Å². The predicted molar refractivity (Wildman–Crippen MR) is 72.5 cm³/mol. The van der Waals surface area contributed by atoms with Crippen LogP contribution < -0.4 is 5.73 Å². The second-order valence-corrected chi connectivity index (χ2v) is 5.56. The van der Waals surface area contributed by atoms with Gasteiger partial charge in [0, 0.05) is 25.5 Å². The molecular weight excluding hydrogens is 266 g/mol. The second kappa shape index (κ2) is 5.86. The summed E-state index contributed by atoms with van der Waals surface area (Å²) in [7, 11) is 0. The number of carbonyl (C=O) groups excluding carboxylic acids is 1. The van der Waals surface area contributed by atoms with Crippen molar-refractivity contribution in [1.29, 1.82) is 0 Å². The van der Waals surface area contributed by atoms with Crippen molar-refractivity contribution in [3.8, 4) is 0 Å². The molecule has 3 N–H and O–H groups in total. The van der Waals surface area contributed by atoms with Gasteiger partial charge in [-0.2, -0.15) is 0 Å². The van der Waals surface area contributed by atoms with Crippen LogP contribution in [0.1, 0.15) is 24.8 Å². The number of aromatic nitrogens is 1. The minimum Gasteiger partial charge on any atom is -0.388 e. The molecule has 1 aliphatic rings. The summed E-state index contributed by atoms with van der Waals surface area (Å²) in [5, 5.41) is 11.0. The maximum absolute atomic E-state index is 11.0. The molecule has 1 aliphatic heterocycles. The van der Waals surface area contributed by atoms with Gasteiger partial charge in [0.15, 0.2) is 0 Å². The van der Waals surface area contributed by atoms with Crippen molar-refractivity contribution in [2.24, 2.45) is 5.73 Å². The fraction of sp³-hybridized carbons (Fsp3) is 0.538. The van der Waals surface area contributed by atoms with Gasteiger partial charge in [0.05, 0.1) is 17.0 Å². The average Bonchev–Trinajstić information content (AvgIpc) is 2.30. The molecule has 1 saturated heterocycles. The van der Waals surface area contributed by atoms with Crippen molar-refractivity contribution in [3.05, 3.63) is 29.0 Å². The molecule has 1 aromatic heterocycles. The number of hydrogen-bond acceptors (Lipinski definition) is 4. The van der Waals surface area contributed by atoms with Crippen molar-refractivity contribution in [2.45, 2.75) is 31.4 Å². The lowest BCUT2D eigenvalue weighted by Crippen LogP contribution is -2.49. The Kier molecular flexibility index (Phi) is 4.39. The first-order valence-corrected chi connectivity index (χ1v) is 6.68. The van der Waals surface area contributed by atoms with E-state index in [2.05, 4.69) is 9.88 Å². The highest BCUT2D eigenvalue weighted by atomic mass is 35.5. The summed E-state index contributed by atoms with van der Waals surface area (Å²) in [5.41, 5.74) is 5.15. The van der Waals surface area contributed by atoms with Gasteiger partial charge in [0.1, 0.15) is 0 Å². The molecule has 1 unspecified atom stereocenters. The van der Waals surface area contributed by atoms with Crippen LogP contribution in [0.2, 0.25) is 5.02 Å². The molecule has 2 rings (SSSR count). The monoisotopic (exact) mass is 283 g/mol. The van der Waals surface area contributed by atoms with E-state index < -0.39 is 11.5 Å². The molecule has 0 aliphatic carbocycles. The van der Waals surface area contributed by atoms with E-state index in [1.807, 2.05) is 6.07 Å². The van der Waals surface area contributed by atoms with Gasteiger partial charge < -0.3 is 10.8 Å². The first kappa shape index (κ1) is 14.2. The van der Waals surface area contributed by atoms with Gasteiger partial charge in [-0.1, -0.05) is 11.6 Å². The van der Waals surface area contributed by atoms with Gasteiger partial charge in [0.25, 0.3) is 0 Å². The molecule has 6 heteroatoms. The van der Waals surface area contributed by atoms with Crippen molar-refractivity contribution >= 4 is 17.5 Å². The lowest BCUT2D eigenvalue weighted by molar-refractivity contribution is -0.125. The highest BCUT2D eigenvalue weighted by molar-refractivity contribution is 6.31. The fourth-order valence-electron chi connectivity index (χ4n) is 2.58. The first-order chi connectivity index (χ1) is 8.98. The maximum Gasteiger partial charge on any atom is 0.220 e. The molecule has 0 radical (unpaired) electrons. The summed E-state index contributed by atoms with van der Waals surface area (Å²) in [6, 6.07) is 1.87. The first-order valence-electron chi connectivity index (χ1n) is 6.30. The molecule has 5 nitrogen and oxygen atoms in total. The molecule has 19 heavy (non-hydrogen) atoms. The van der Waals surface area contributed by atoms with Crippen molar-refractivity contribution < 1.29 is 9.90 Å². The van der Waals surface area contributed by atoms with Crippen LogP contribution in [0.3, 0.4) is 0 Å². The van der Waals surface area contributed by atoms with Crippen LogP contribution in [0.4, 0.5) is 0 Å². The number of piperidine rings is 1. The second-order valence-electron chi connectivity index (χ2n) is 5.15. The normalized spacial score (nSPS) is 24.3. The number of nitrogens with zero attached hydrogens (tertiary/aromatic N) is 2. The highest BCUT2D eigenvalue weighted by Gasteiger charge is 2.34. The van der Waals surface area contributed by atoms with Gasteiger partial charge in [-0.3, -0.25) is 14.7 Å². The Morgan fingerprint density at radius 2 is 2.42 bits per heavy atom. The lowest BCUT2D eigenvalue weighted by atomic mass is 9.89. The van der Waals surface area contributed by atoms with Gasteiger partial charge in [-0.25, -0.2) is 0 Å². The van der Waals surface area contributed by atoms with E-state index in [0.717, 1.165) is 18.5 Å². The van der Waals surface area contributed by atoms with E-state index in [9.17, 15) is 9.90 Å². The number of hydrogen-bond donors (Lipinski definition) is 2. The van der Waals surface area contributed by atoms with Crippen LogP contribution in [0.5, 0.6) is 0 Å². The zero-order valence-electron chi connectivity index (χ0n) is 10.7. The molecule has 1 aromatic rings. The third kappa shape index (κ3) is 3.89. The summed E-state index contributed by atoms with van der Waals surface area (Å²) in [6.45, 7) is 1.96. The van der Waals surface area contributed by atoms with Crippen LogP contribution >= 0.6 is 11.6 Å². The van der Waals surface area contributed by atoms with Gasteiger partial charge >= 0.3 is 0 Å². The Bertz CT molecular complexity index is 469.